The second-order valence-electron chi connectivity index (χ2n) is 4.21. The summed E-state index contributed by atoms with van der Waals surface area (Å²) in [6.07, 6.45) is -5.89. The largest absolute Gasteiger partial charge is 0.390 e. The minimum Gasteiger partial charge on any atom is -0.258 e. The Morgan fingerprint density at radius 3 is 2.48 bits per heavy atom. The highest BCUT2D eigenvalue weighted by Crippen LogP contribution is 2.27. The number of rotatable bonds is 5. The summed E-state index contributed by atoms with van der Waals surface area (Å²) in [5, 5.41) is 10.4. The zero-order chi connectivity index (χ0) is 16.4. The first-order valence-corrected chi connectivity index (χ1v) is 7.31. The normalized spacial score (nSPS) is 14.0. The minimum absolute atomic E-state index is 0.276. The number of benzene rings is 1. The van der Waals surface area contributed by atoms with Crippen molar-refractivity contribution in [2.24, 2.45) is 0 Å². The number of nitrogens with zero attached hydrogens (tertiary/aromatic N) is 1. The molecule has 0 fully saturated rings. The van der Waals surface area contributed by atoms with Crippen molar-refractivity contribution < 1.29 is 26.5 Å². The summed E-state index contributed by atoms with van der Waals surface area (Å²) in [5.74, 6) is 0. The number of nitro benzene ring substituents is 1. The molecule has 0 saturated heterocycles. The second-order valence-corrected chi connectivity index (χ2v) is 6.33. The molecule has 0 spiro atoms. The van der Waals surface area contributed by atoms with Gasteiger partial charge in [-0.05, 0) is 19.1 Å². The van der Waals surface area contributed by atoms with Crippen LogP contribution in [0.4, 0.5) is 18.9 Å². The molecule has 11 heteroatoms. The number of halogens is 4. The van der Waals surface area contributed by atoms with Gasteiger partial charge in [-0.2, -0.15) is 13.2 Å². The molecule has 1 N–H and O–H groups in total. The van der Waals surface area contributed by atoms with Crippen LogP contribution in [0.2, 0.25) is 5.02 Å². The molecule has 0 saturated carbocycles. The topological polar surface area (TPSA) is 89.3 Å². The van der Waals surface area contributed by atoms with Gasteiger partial charge in [0.2, 0.25) is 10.0 Å². The molecule has 1 rings (SSSR count). The summed E-state index contributed by atoms with van der Waals surface area (Å²) in [6, 6.07) is 1.23. The van der Waals surface area contributed by atoms with Crippen molar-refractivity contribution in [2.75, 3.05) is 0 Å². The van der Waals surface area contributed by atoms with Crippen LogP contribution in [0, 0.1) is 10.1 Å². The lowest BCUT2D eigenvalue weighted by atomic mass is 10.2. The molecule has 1 aromatic rings. The molecule has 21 heavy (non-hydrogen) atoms. The van der Waals surface area contributed by atoms with Gasteiger partial charge in [-0.1, -0.05) is 11.6 Å². The molecule has 0 radical (unpaired) electrons. The maximum atomic E-state index is 12.2. The van der Waals surface area contributed by atoms with Crippen LogP contribution in [0.15, 0.2) is 23.1 Å². The number of hydrogen-bond donors (Lipinski definition) is 1. The summed E-state index contributed by atoms with van der Waals surface area (Å²) in [6.45, 7) is 1.04. The Labute approximate surface area is 123 Å². The third-order valence-corrected chi connectivity index (χ3v) is 4.23. The van der Waals surface area contributed by atoms with E-state index in [4.69, 9.17) is 11.6 Å². The lowest BCUT2D eigenvalue weighted by Crippen LogP contribution is -2.35. The van der Waals surface area contributed by atoms with Gasteiger partial charge in [-0.25, -0.2) is 13.1 Å². The molecule has 1 atom stereocenters. The predicted molar refractivity (Wildman–Crippen MR) is 68.6 cm³/mol. The van der Waals surface area contributed by atoms with Gasteiger partial charge in [-0.3, -0.25) is 10.1 Å². The maximum Gasteiger partial charge on any atom is 0.390 e. The Kier molecular flexibility index (Phi) is 5.18. The van der Waals surface area contributed by atoms with Crippen molar-refractivity contribution >= 4 is 27.3 Å². The van der Waals surface area contributed by atoms with Gasteiger partial charge in [0.25, 0.3) is 5.69 Å². The summed E-state index contributed by atoms with van der Waals surface area (Å²) in [7, 11) is -4.32. The molecule has 0 aliphatic rings. The standard InChI is InChI=1S/C10H10ClF3N2O4S/c1-6(5-10(12,13)14)15-21(19,20)7-2-3-8(11)9(4-7)16(17)18/h2-4,6,15H,5H2,1H3. The van der Waals surface area contributed by atoms with E-state index in [1.165, 1.54) is 0 Å². The van der Waals surface area contributed by atoms with Crippen molar-refractivity contribution in [3.63, 3.8) is 0 Å². The van der Waals surface area contributed by atoms with Crippen LogP contribution in [0.1, 0.15) is 13.3 Å². The second kappa shape index (κ2) is 6.16. The van der Waals surface area contributed by atoms with E-state index in [0.29, 0.717) is 6.07 Å². The van der Waals surface area contributed by atoms with E-state index in [9.17, 15) is 31.7 Å². The van der Waals surface area contributed by atoms with Crippen LogP contribution in [-0.2, 0) is 10.0 Å². The molecular weight excluding hydrogens is 337 g/mol. The molecule has 1 aromatic carbocycles. The van der Waals surface area contributed by atoms with Crippen LogP contribution < -0.4 is 4.72 Å². The summed E-state index contributed by atoms with van der Waals surface area (Å²) < 4.78 is 62.0. The van der Waals surface area contributed by atoms with Gasteiger partial charge in [0.1, 0.15) is 5.02 Å². The van der Waals surface area contributed by atoms with E-state index < -0.39 is 44.2 Å². The third kappa shape index (κ3) is 5.14. The lowest BCUT2D eigenvalue weighted by Gasteiger charge is -2.16. The van der Waals surface area contributed by atoms with Crippen molar-refractivity contribution in [3.8, 4) is 0 Å². The zero-order valence-electron chi connectivity index (χ0n) is 10.5. The Morgan fingerprint density at radius 1 is 1.43 bits per heavy atom. The van der Waals surface area contributed by atoms with E-state index in [0.717, 1.165) is 19.1 Å². The van der Waals surface area contributed by atoms with Crippen LogP contribution in [0.25, 0.3) is 0 Å². The number of hydrogen-bond acceptors (Lipinski definition) is 4. The van der Waals surface area contributed by atoms with E-state index in [1.807, 2.05) is 0 Å². The van der Waals surface area contributed by atoms with Gasteiger partial charge in [0, 0.05) is 12.1 Å². The average Bonchev–Trinajstić information content (AvgIpc) is 2.24. The van der Waals surface area contributed by atoms with Crippen molar-refractivity contribution in [1.29, 1.82) is 0 Å². The number of sulfonamides is 1. The van der Waals surface area contributed by atoms with Gasteiger partial charge in [0.05, 0.1) is 16.2 Å². The molecule has 0 amide bonds. The summed E-state index contributed by atoms with van der Waals surface area (Å²) >= 11 is 5.53. The molecule has 0 bridgehead atoms. The Morgan fingerprint density at radius 2 is 2.00 bits per heavy atom. The zero-order valence-corrected chi connectivity index (χ0v) is 12.1. The van der Waals surface area contributed by atoms with Crippen LogP contribution in [-0.4, -0.2) is 25.6 Å². The first-order valence-electron chi connectivity index (χ1n) is 5.45. The number of nitro groups is 1. The first-order chi connectivity index (χ1) is 9.42. The average molecular weight is 347 g/mol. The lowest BCUT2D eigenvalue weighted by molar-refractivity contribution is -0.384. The molecule has 0 aromatic heterocycles. The minimum atomic E-state index is -4.53. The Hall–Kier alpha value is -1.39. The highest BCUT2D eigenvalue weighted by molar-refractivity contribution is 7.89. The molecule has 6 nitrogen and oxygen atoms in total. The molecule has 1 unspecified atom stereocenters. The molecule has 0 aliphatic heterocycles. The van der Waals surface area contributed by atoms with Crippen molar-refractivity contribution in [1.82, 2.24) is 4.72 Å². The molecule has 0 heterocycles. The van der Waals surface area contributed by atoms with Crippen molar-refractivity contribution in [3.05, 3.63) is 33.3 Å². The third-order valence-electron chi connectivity index (χ3n) is 2.32. The fourth-order valence-corrected chi connectivity index (χ4v) is 2.97. The van der Waals surface area contributed by atoms with E-state index in [-0.39, 0.29) is 5.02 Å². The predicted octanol–water partition coefficient (Wildman–Crippen LogP) is 2.87. The van der Waals surface area contributed by atoms with Crippen LogP contribution >= 0.6 is 11.6 Å². The van der Waals surface area contributed by atoms with E-state index in [1.54, 1.807) is 4.72 Å². The van der Waals surface area contributed by atoms with E-state index in [2.05, 4.69) is 0 Å². The van der Waals surface area contributed by atoms with Crippen LogP contribution in [0.5, 0.6) is 0 Å². The Bertz CT molecular complexity index is 648. The quantitative estimate of drug-likeness (QED) is 0.655. The fraction of sp³-hybridized carbons (Fsp3) is 0.400. The van der Waals surface area contributed by atoms with Gasteiger partial charge >= 0.3 is 6.18 Å². The fourth-order valence-electron chi connectivity index (χ4n) is 1.52. The van der Waals surface area contributed by atoms with Gasteiger partial charge in [-0.15, -0.1) is 0 Å². The SMILES string of the molecule is CC(CC(F)(F)F)NS(=O)(=O)c1ccc(Cl)c([N+](=O)[O-])c1. The monoisotopic (exact) mass is 346 g/mol. The number of nitrogens with one attached hydrogen (secondary N) is 1. The Balaban J connectivity index is 3.04. The van der Waals surface area contributed by atoms with Crippen molar-refractivity contribution in [2.45, 2.75) is 30.5 Å². The first kappa shape index (κ1) is 17.7. The molecule has 0 aliphatic carbocycles. The summed E-state index contributed by atoms with van der Waals surface area (Å²) in [5.41, 5.74) is -0.650. The molecule has 118 valence electrons. The highest BCUT2D eigenvalue weighted by Gasteiger charge is 2.32. The number of alkyl halides is 3. The van der Waals surface area contributed by atoms with Crippen LogP contribution in [0.3, 0.4) is 0 Å². The maximum absolute atomic E-state index is 12.2. The van der Waals surface area contributed by atoms with Gasteiger partial charge < -0.3 is 0 Å². The van der Waals surface area contributed by atoms with E-state index >= 15 is 0 Å². The smallest absolute Gasteiger partial charge is 0.258 e. The highest BCUT2D eigenvalue weighted by atomic mass is 35.5. The molecular formula is C10H10ClF3N2O4S. The van der Waals surface area contributed by atoms with Gasteiger partial charge in [0.15, 0.2) is 0 Å². The summed E-state index contributed by atoms with van der Waals surface area (Å²) in [4.78, 5) is 9.24.